The Hall–Kier alpha value is -3.06. The van der Waals surface area contributed by atoms with Gasteiger partial charge in [0, 0.05) is 42.6 Å². The first-order chi connectivity index (χ1) is 19.0. The number of amides is 2. The summed E-state index contributed by atoms with van der Waals surface area (Å²) >= 11 is 12.2. The van der Waals surface area contributed by atoms with E-state index in [1.807, 2.05) is 18.2 Å². The summed E-state index contributed by atoms with van der Waals surface area (Å²) in [5.41, 5.74) is 3.62. The third kappa shape index (κ3) is 7.13. The number of benzene rings is 3. The maximum absolute atomic E-state index is 13.4. The van der Waals surface area contributed by atoms with Crippen LogP contribution in [0.5, 0.6) is 0 Å². The third-order valence-electron chi connectivity index (χ3n) is 7.51. The molecule has 3 aromatic carbocycles. The molecule has 2 aliphatic heterocycles. The normalized spacial score (nSPS) is 17.7. The van der Waals surface area contributed by atoms with Crippen LogP contribution >= 0.6 is 23.2 Å². The molecule has 0 unspecified atom stereocenters. The van der Waals surface area contributed by atoms with Crippen LogP contribution in [-0.2, 0) is 11.2 Å². The van der Waals surface area contributed by atoms with Crippen LogP contribution in [0.2, 0.25) is 10.0 Å². The fourth-order valence-corrected chi connectivity index (χ4v) is 5.87. The predicted molar refractivity (Wildman–Crippen MR) is 157 cm³/mol. The van der Waals surface area contributed by atoms with Crippen LogP contribution < -0.4 is 15.5 Å². The van der Waals surface area contributed by atoms with E-state index in [-0.39, 0.29) is 22.9 Å². The molecule has 5 rings (SSSR count). The number of rotatable bonds is 8. The van der Waals surface area contributed by atoms with Gasteiger partial charge in [-0.3, -0.25) is 9.59 Å². The molecule has 0 saturated carbocycles. The summed E-state index contributed by atoms with van der Waals surface area (Å²) in [6.07, 6.45) is 5.18. The smallest absolute Gasteiger partial charge is 0.257 e. The average Bonchev–Trinajstić information content (AvgIpc) is 3.46. The van der Waals surface area contributed by atoms with Crippen molar-refractivity contribution in [3.63, 3.8) is 0 Å². The van der Waals surface area contributed by atoms with E-state index < -0.39 is 0 Å². The largest absolute Gasteiger partial charge is 0.376 e. The van der Waals surface area contributed by atoms with Crippen LogP contribution in [0.3, 0.4) is 0 Å². The molecule has 0 bridgehead atoms. The van der Waals surface area contributed by atoms with Gasteiger partial charge >= 0.3 is 0 Å². The summed E-state index contributed by atoms with van der Waals surface area (Å²) in [5, 5.41) is 6.66. The summed E-state index contributed by atoms with van der Waals surface area (Å²) < 4.78 is 5.69. The first kappa shape index (κ1) is 27.5. The van der Waals surface area contributed by atoms with E-state index in [0.717, 1.165) is 57.5 Å². The van der Waals surface area contributed by atoms with Gasteiger partial charge in [0.2, 0.25) is 0 Å². The average molecular weight is 567 g/mol. The molecule has 2 heterocycles. The second-order valence-corrected chi connectivity index (χ2v) is 11.1. The number of anilines is 2. The minimum absolute atomic E-state index is 0.0427. The van der Waals surface area contributed by atoms with Gasteiger partial charge in [-0.05, 0) is 80.0 Å². The molecule has 0 aliphatic carbocycles. The lowest BCUT2D eigenvalue weighted by molar-refractivity contribution is 0.0858. The second kappa shape index (κ2) is 12.9. The van der Waals surface area contributed by atoms with E-state index in [1.54, 1.807) is 18.2 Å². The zero-order valence-electron chi connectivity index (χ0n) is 21.8. The number of carbonyl (C=O) groups excluding carboxylic acids is 2. The molecule has 6 nitrogen and oxygen atoms in total. The van der Waals surface area contributed by atoms with Crippen molar-refractivity contribution < 1.29 is 14.3 Å². The van der Waals surface area contributed by atoms with Gasteiger partial charge in [-0.15, -0.1) is 0 Å². The Labute approximate surface area is 239 Å². The molecule has 1 atom stereocenters. The van der Waals surface area contributed by atoms with Crippen molar-refractivity contribution in [3.05, 3.63) is 93.5 Å². The summed E-state index contributed by atoms with van der Waals surface area (Å²) in [7, 11) is 0. The topological polar surface area (TPSA) is 70.7 Å². The van der Waals surface area contributed by atoms with Crippen molar-refractivity contribution in [1.82, 2.24) is 5.32 Å². The van der Waals surface area contributed by atoms with Crippen molar-refractivity contribution in [2.45, 2.75) is 38.2 Å². The van der Waals surface area contributed by atoms with Crippen LogP contribution in [0, 0.1) is 5.92 Å². The van der Waals surface area contributed by atoms with Gasteiger partial charge in [0.15, 0.2) is 0 Å². The van der Waals surface area contributed by atoms with Crippen LogP contribution in [0.1, 0.15) is 52.0 Å². The highest BCUT2D eigenvalue weighted by molar-refractivity contribution is 6.37. The zero-order chi connectivity index (χ0) is 27.2. The van der Waals surface area contributed by atoms with Crippen LogP contribution in [-0.4, -0.2) is 44.2 Å². The minimum Gasteiger partial charge on any atom is -0.376 e. The molecule has 2 N–H and O–H groups in total. The highest BCUT2D eigenvalue weighted by Crippen LogP contribution is 2.31. The number of nitrogens with one attached hydrogen (secondary N) is 2. The highest BCUT2D eigenvalue weighted by Gasteiger charge is 2.25. The fourth-order valence-electron chi connectivity index (χ4n) is 5.38. The lowest BCUT2D eigenvalue weighted by Gasteiger charge is -2.35. The third-order valence-corrected chi connectivity index (χ3v) is 8.06. The van der Waals surface area contributed by atoms with Gasteiger partial charge in [0.05, 0.1) is 22.3 Å². The molecule has 8 heteroatoms. The molecule has 0 spiro atoms. The lowest BCUT2D eigenvalue weighted by atomic mass is 9.89. The molecular formula is C31H33Cl2N3O3. The van der Waals surface area contributed by atoms with Gasteiger partial charge in [-0.25, -0.2) is 0 Å². The Morgan fingerprint density at radius 3 is 2.41 bits per heavy atom. The molecule has 0 radical (unpaired) electrons. The molecule has 204 valence electrons. The van der Waals surface area contributed by atoms with Gasteiger partial charge in [0.1, 0.15) is 0 Å². The van der Waals surface area contributed by atoms with Crippen LogP contribution in [0.25, 0.3) is 0 Å². The number of hydrogen-bond acceptors (Lipinski definition) is 4. The van der Waals surface area contributed by atoms with Crippen molar-refractivity contribution in [2.75, 3.05) is 36.5 Å². The lowest BCUT2D eigenvalue weighted by Crippen LogP contribution is -2.37. The van der Waals surface area contributed by atoms with Gasteiger partial charge in [0.25, 0.3) is 11.8 Å². The summed E-state index contributed by atoms with van der Waals surface area (Å²) in [4.78, 5) is 28.6. The Kier molecular flexibility index (Phi) is 9.07. The Morgan fingerprint density at radius 1 is 0.897 bits per heavy atom. The zero-order valence-corrected chi connectivity index (χ0v) is 23.3. The van der Waals surface area contributed by atoms with Gasteiger partial charge < -0.3 is 20.3 Å². The fraction of sp³-hybridized carbons (Fsp3) is 0.355. The molecule has 39 heavy (non-hydrogen) atoms. The molecule has 0 aromatic heterocycles. The first-order valence-corrected chi connectivity index (χ1v) is 14.3. The SMILES string of the molecule is O=C(Nc1ccc(N2CCC(Cc3ccccc3)CC2)c(C(=O)NC[C@@H]2CCCO2)c1)c1ccc(Cl)cc1Cl. The van der Waals surface area contributed by atoms with E-state index in [0.29, 0.717) is 34.3 Å². The van der Waals surface area contributed by atoms with E-state index >= 15 is 0 Å². The minimum atomic E-state index is -0.364. The summed E-state index contributed by atoms with van der Waals surface area (Å²) in [5.74, 6) is 0.0764. The van der Waals surface area contributed by atoms with Gasteiger partial charge in [-0.2, -0.15) is 0 Å². The van der Waals surface area contributed by atoms with Crippen molar-refractivity contribution >= 4 is 46.4 Å². The number of piperidine rings is 1. The highest BCUT2D eigenvalue weighted by atomic mass is 35.5. The van der Waals surface area contributed by atoms with E-state index in [1.165, 1.54) is 11.6 Å². The van der Waals surface area contributed by atoms with Crippen molar-refractivity contribution in [3.8, 4) is 0 Å². The van der Waals surface area contributed by atoms with Crippen LogP contribution in [0.15, 0.2) is 66.7 Å². The molecule has 2 saturated heterocycles. The molecule has 2 amide bonds. The summed E-state index contributed by atoms with van der Waals surface area (Å²) in [6, 6.07) is 20.9. The Bertz CT molecular complexity index is 1300. The Morgan fingerprint density at radius 2 is 1.69 bits per heavy atom. The first-order valence-electron chi connectivity index (χ1n) is 13.6. The number of halogens is 2. The molecule has 2 aliphatic rings. The number of ether oxygens (including phenoxy) is 1. The summed E-state index contributed by atoms with van der Waals surface area (Å²) in [6.45, 7) is 2.94. The number of hydrogen-bond donors (Lipinski definition) is 2. The van der Waals surface area contributed by atoms with Crippen molar-refractivity contribution in [1.29, 1.82) is 0 Å². The number of nitrogens with zero attached hydrogens (tertiary/aromatic N) is 1. The molecular weight excluding hydrogens is 533 g/mol. The van der Waals surface area contributed by atoms with E-state index in [4.69, 9.17) is 27.9 Å². The van der Waals surface area contributed by atoms with Gasteiger partial charge in [-0.1, -0.05) is 53.5 Å². The predicted octanol–water partition coefficient (Wildman–Crippen LogP) is 6.61. The number of carbonyl (C=O) groups is 2. The standard InChI is InChI=1S/C31H33Cl2N3O3/c32-23-8-10-26(28(33)18-23)31(38)35-24-9-11-29(27(19-24)30(37)34-20-25-7-4-16-39-25)36-14-12-22(13-15-36)17-21-5-2-1-3-6-21/h1-3,5-6,8-11,18-19,22,25H,4,7,12-17,20H2,(H,34,37)(H,35,38)/t25-/m0/s1. The monoisotopic (exact) mass is 565 g/mol. The molecule has 2 fully saturated rings. The van der Waals surface area contributed by atoms with Crippen LogP contribution in [0.4, 0.5) is 11.4 Å². The Balaban J connectivity index is 1.32. The van der Waals surface area contributed by atoms with E-state index in [2.05, 4.69) is 39.8 Å². The molecule has 3 aromatic rings. The quantitative estimate of drug-likeness (QED) is 0.322. The second-order valence-electron chi connectivity index (χ2n) is 10.3. The maximum Gasteiger partial charge on any atom is 0.257 e. The maximum atomic E-state index is 13.4. The van der Waals surface area contributed by atoms with Crippen molar-refractivity contribution in [2.24, 2.45) is 5.92 Å². The van der Waals surface area contributed by atoms with E-state index in [9.17, 15) is 9.59 Å².